The van der Waals surface area contributed by atoms with Crippen LogP contribution in [0.25, 0.3) is 0 Å². The van der Waals surface area contributed by atoms with E-state index in [1.54, 1.807) is 6.92 Å². The monoisotopic (exact) mass is 256 g/mol. The van der Waals surface area contributed by atoms with Crippen LogP contribution in [0, 0.1) is 0 Å². The van der Waals surface area contributed by atoms with Gasteiger partial charge in [-0.25, -0.2) is 4.79 Å². The second-order valence-corrected chi connectivity index (χ2v) is 3.91. The first-order valence-electron chi connectivity index (χ1n) is 5.04. The lowest BCUT2D eigenvalue weighted by atomic mass is 10.1. The average Bonchev–Trinajstić information content (AvgIpc) is 2.26. The van der Waals surface area contributed by atoms with Crippen LogP contribution in [0.2, 0.25) is 5.02 Å². The molecular formula is C11H13ClN2O3. The number of halogens is 1. The van der Waals surface area contributed by atoms with Gasteiger partial charge in [0.2, 0.25) is 5.91 Å². The van der Waals surface area contributed by atoms with Gasteiger partial charge in [0.1, 0.15) is 6.04 Å². The van der Waals surface area contributed by atoms with Crippen LogP contribution in [0.3, 0.4) is 0 Å². The van der Waals surface area contributed by atoms with Gasteiger partial charge in [0.25, 0.3) is 0 Å². The van der Waals surface area contributed by atoms with Crippen LogP contribution in [0.4, 0.5) is 5.69 Å². The molecule has 0 saturated carbocycles. The molecule has 0 bridgehead atoms. The molecule has 0 radical (unpaired) electrons. The van der Waals surface area contributed by atoms with Gasteiger partial charge in [0.05, 0.1) is 10.7 Å². The zero-order valence-corrected chi connectivity index (χ0v) is 9.99. The van der Waals surface area contributed by atoms with Gasteiger partial charge >= 0.3 is 5.97 Å². The lowest BCUT2D eigenvalue weighted by molar-refractivity contribution is -0.137. The Morgan fingerprint density at radius 2 is 2.18 bits per heavy atom. The van der Waals surface area contributed by atoms with Crippen LogP contribution in [-0.4, -0.2) is 23.0 Å². The van der Waals surface area contributed by atoms with Gasteiger partial charge < -0.3 is 16.2 Å². The van der Waals surface area contributed by atoms with E-state index in [0.29, 0.717) is 12.1 Å². The highest BCUT2D eigenvalue weighted by Crippen LogP contribution is 2.24. The summed E-state index contributed by atoms with van der Waals surface area (Å²) in [5, 5.41) is 11.9. The number of carboxylic acid groups (broad SMARTS) is 1. The number of primary amides is 1. The van der Waals surface area contributed by atoms with E-state index in [1.807, 2.05) is 0 Å². The van der Waals surface area contributed by atoms with E-state index in [9.17, 15) is 9.59 Å². The zero-order valence-electron chi connectivity index (χ0n) is 9.24. The summed E-state index contributed by atoms with van der Waals surface area (Å²) in [7, 11) is 0. The number of hydrogen-bond donors (Lipinski definition) is 3. The first-order chi connectivity index (χ1) is 7.95. The molecule has 17 heavy (non-hydrogen) atoms. The standard InChI is InChI=1S/C11H13ClN2O3/c1-2-8(11(16)17)14-9-4-3-6(10(13)15)5-7(9)12/h3-5,8,14H,2H2,1H3,(H2,13,15)(H,16,17). The van der Waals surface area contributed by atoms with Gasteiger partial charge in [-0.2, -0.15) is 0 Å². The van der Waals surface area contributed by atoms with Crippen molar-refractivity contribution in [2.24, 2.45) is 5.73 Å². The van der Waals surface area contributed by atoms with Crippen molar-refractivity contribution in [2.45, 2.75) is 19.4 Å². The second kappa shape index (κ2) is 5.54. The van der Waals surface area contributed by atoms with E-state index in [4.69, 9.17) is 22.4 Å². The number of amides is 1. The van der Waals surface area contributed by atoms with Crippen LogP contribution in [0.5, 0.6) is 0 Å². The predicted octanol–water partition coefficient (Wildman–Crippen LogP) is 1.71. The maximum absolute atomic E-state index is 10.9. The van der Waals surface area contributed by atoms with Crippen molar-refractivity contribution in [3.05, 3.63) is 28.8 Å². The summed E-state index contributed by atoms with van der Waals surface area (Å²) in [5.74, 6) is -1.54. The molecule has 6 heteroatoms. The molecule has 0 heterocycles. The Kier molecular flexibility index (Phi) is 4.34. The minimum Gasteiger partial charge on any atom is -0.480 e. The quantitative estimate of drug-likeness (QED) is 0.748. The number of aliphatic carboxylic acids is 1. The van der Waals surface area contributed by atoms with E-state index in [-0.39, 0.29) is 10.6 Å². The lowest BCUT2D eigenvalue weighted by Gasteiger charge is -2.15. The number of anilines is 1. The Bertz CT molecular complexity index is 448. The Labute approximate surface area is 104 Å². The summed E-state index contributed by atoms with van der Waals surface area (Å²) in [6.07, 6.45) is 0.420. The molecule has 0 aromatic heterocycles. The summed E-state index contributed by atoms with van der Waals surface area (Å²) in [6.45, 7) is 1.75. The van der Waals surface area contributed by atoms with Crippen LogP contribution in [0.1, 0.15) is 23.7 Å². The largest absolute Gasteiger partial charge is 0.480 e. The summed E-state index contributed by atoms with van der Waals surface area (Å²) >= 11 is 5.92. The van der Waals surface area contributed by atoms with Crippen LogP contribution >= 0.6 is 11.6 Å². The summed E-state index contributed by atoms with van der Waals surface area (Å²) in [5.41, 5.74) is 5.84. The number of carbonyl (C=O) groups excluding carboxylic acids is 1. The fraction of sp³-hybridized carbons (Fsp3) is 0.273. The van der Waals surface area contributed by atoms with E-state index >= 15 is 0 Å². The van der Waals surface area contributed by atoms with Crippen LogP contribution in [-0.2, 0) is 4.79 Å². The van der Waals surface area contributed by atoms with E-state index < -0.39 is 17.9 Å². The number of benzene rings is 1. The molecule has 5 nitrogen and oxygen atoms in total. The summed E-state index contributed by atoms with van der Waals surface area (Å²) < 4.78 is 0. The average molecular weight is 257 g/mol. The van der Waals surface area contributed by atoms with Crippen molar-refractivity contribution < 1.29 is 14.7 Å². The minimum absolute atomic E-state index is 0.265. The molecule has 0 fully saturated rings. The molecule has 0 aliphatic heterocycles. The Hall–Kier alpha value is -1.75. The molecule has 0 aliphatic carbocycles. The third-order valence-corrected chi connectivity index (χ3v) is 2.60. The number of carbonyl (C=O) groups is 2. The Morgan fingerprint density at radius 3 is 2.59 bits per heavy atom. The highest BCUT2D eigenvalue weighted by atomic mass is 35.5. The normalized spacial score (nSPS) is 11.9. The molecule has 1 rings (SSSR count). The first kappa shape index (κ1) is 13.3. The fourth-order valence-corrected chi connectivity index (χ4v) is 1.55. The molecule has 4 N–H and O–H groups in total. The molecule has 1 atom stereocenters. The molecular weight excluding hydrogens is 244 g/mol. The van der Waals surface area contributed by atoms with Crippen molar-refractivity contribution >= 4 is 29.2 Å². The molecule has 1 amide bonds. The molecule has 0 saturated heterocycles. The van der Waals surface area contributed by atoms with Crippen LogP contribution in [0.15, 0.2) is 18.2 Å². The van der Waals surface area contributed by atoms with Crippen molar-refractivity contribution in [1.82, 2.24) is 0 Å². The van der Waals surface area contributed by atoms with Gasteiger partial charge in [-0.05, 0) is 24.6 Å². The highest BCUT2D eigenvalue weighted by molar-refractivity contribution is 6.33. The highest BCUT2D eigenvalue weighted by Gasteiger charge is 2.16. The van der Waals surface area contributed by atoms with Crippen LogP contribution < -0.4 is 11.1 Å². The number of nitrogens with one attached hydrogen (secondary N) is 1. The minimum atomic E-state index is -0.956. The van der Waals surface area contributed by atoms with Crippen molar-refractivity contribution in [3.8, 4) is 0 Å². The third kappa shape index (κ3) is 3.35. The summed E-state index contributed by atoms with van der Waals surface area (Å²) in [4.78, 5) is 21.7. The third-order valence-electron chi connectivity index (χ3n) is 2.29. The SMILES string of the molecule is CCC(Nc1ccc(C(N)=O)cc1Cl)C(=O)O. The molecule has 1 unspecified atom stereocenters. The van der Waals surface area contributed by atoms with Crippen molar-refractivity contribution in [2.75, 3.05) is 5.32 Å². The molecule has 0 aliphatic rings. The smallest absolute Gasteiger partial charge is 0.326 e. The second-order valence-electron chi connectivity index (χ2n) is 3.50. The zero-order chi connectivity index (χ0) is 13.0. The number of nitrogens with two attached hydrogens (primary N) is 1. The van der Waals surface area contributed by atoms with E-state index in [0.717, 1.165) is 0 Å². The number of carboxylic acids is 1. The molecule has 0 spiro atoms. The molecule has 1 aromatic carbocycles. The number of hydrogen-bond acceptors (Lipinski definition) is 3. The maximum atomic E-state index is 10.9. The Morgan fingerprint density at radius 1 is 1.53 bits per heavy atom. The van der Waals surface area contributed by atoms with Gasteiger partial charge in [-0.3, -0.25) is 4.79 Å². The lowest BCUT2D eigenvalue weighted by Crippen LogP contribution is -2.28. The van der Waals surface area contributed by atoms with Gasteiger partial charge in [-0.15, -0.1) is 0 Å². The van der Waals surface area contributed by atoms with Gasteiger partial charge in [0.15, 0.2) is 0 Å². The predicted molar refractivity (Wildman–Crippen MR) is 65.3 cm³/mol. The van der Waals surface area contributed by atoms with Gasteiger partial charge in [0, 0.05) is 5.56 Å². The van der Waals surface area contributed by atoms with Gasteiger partial charge in [-0.1, -0.05) is 18.5 Å². The molecule has 1 aromatic rings. The maximum Gasteiger partial charge on any atom is 0.326 e. The Balaban J connectivity index is 2.93. The fourth-order valence-electron chi connectivity index (χ4n) is 1.31. The first-order valence-corrected chi connectivity index (χ1v) is 5.42. The van der Waals surface area contributed by atoms with E-state index in [2.05, 4.69) is 5.32 Å². The van der Waals surface area contributed by atoms with Crippen molar-refractivity contribution in [1.29, 1.82) is 0 Å². The summed E-state index contributed by atoms with van der Waals surface area (Å²) in [6, 6.07) is 3.71. The van der Waals surface area contributed by atoms with Crippen molar-refractivity contribution in [3.63, 3.8) is 0 Å². The van der Waals surface area contributed by atoms with E-state index in [1.165, 1.54) is 18.2 Å². The topological polar surface area (TPSA) is 92.4 Å². The molecule has 92 valence electrons. The number of rotatable bonds is 5.